The van der Waals surface area contributed by atoms with E-state index in [4.69, 9.17) is 30.3 Å². The minimum Gasteiger partial charge on any atom is -0.489 e. The first kappa shape index (κ1) is 22.6. The van der Waals surface area contributed by atoms with Crippen molar-refractivity contribution in [2.24, 2.45) is 0 Å². The topological polar surface area (TPSA) is 83.7 Å². The number of esters is 1. The Morgan fingerprint density at radius 3 is 2.65 bits per heavy atom. The summed E-state index contributed by atoms with van der Waals surface area (Å²) in [6.45, 7) is 7.82. The summed E-state index contributed by atoms with van der Waals surface area (Å²) in [6.07, 6.45) is 0.748. The summed E-state index contributed by atoms with van der Waals surface area (Å²) in [6, 6.07) is 10.8. The number of benzene rings is 2. The highest BCUT2D eigenvalue weighted by molar-refractivity contribution is 6.32. The molecule has 8 heteroatoms. The number of carbonyl (C=O) groups excluding carboxylic acids is 1. The van der Waals surface area contributed by atoms with Crippen molar-refractivity contribution in [2.75, 3.05) is 13.2 Å². The standard InChI is InChI=1S/C23H25ClN2O5/c1-5-15-11-17(29-13-21(27)28-6-2)8-9-18(15)22-25-23(31-26-22)16-7-10-20(19(24)12-16)30-14(3)4/h7-12,14H,5-6,13H2,1-4H3. The van der Waals surface area contributed by atoms with Crippen molar-refractivity contribution in [3.8, 4) is 34.3 Å². The van der Waals surface area contributed by atoms with Crippen molar-refractivity contribution >= 4 is 17.6 Å². The van der Waals surface area contributed by atoms with Gasteiger partial charge in [0.1, 0.15) is 11.5 Å². The molecule has 1 heterocycles. The summed E-state index contributed by atoms with van der Waals surface area (Å²) in [7, 11) is 0. The minimum atomic E-state index is -0.407. The van der Waals surface area contributed by atoms with E-state index >= 15 is 0 Å². The average Bonchev–Trinajstić information content (AvgIpc) is 3.23. The van der Waals surface area contributed by atoms with Gasteiger partial charge in [0, 0.05) is 11.1 Å². The highest BCUT2D eigenvalue weighted by Gasteiger charge is 2.16. The van der Waals surface area contributed by atoms with Crippen LogP contribution in [0.15, 0.2) is 40.9 Å². The molecule has 31 heavy (non-hydrogen) atoms. The Hall–Kier alpha value is -3.06. The van der Waals surface area contributed by atoms with Crippen molar-refractivity contribution < 1.29 is 23.5 Å². The number of rotatable bonds is 9. The maximum absolute atomic E-state index is 11.5. The summed E-state index contributed by atoms with van der Waals surface area (Å²) in [5, 5.41) is 4.60. The van der Waals surface area contributed by atoms with Crippen LogP contribution in [-0.2, 0) is 16.0 Å². The number of ether oxygens (including phenoxy) is 3. The highest BCUT2D eigenvalue weighted by atomic mass is 35.5. The number of carbonyl (C=O) groups is 1. The molecule has 0 saturated heterocycles. The molecular formula is C23H25ClN2O5. The molecule has 0 fully saturated rings. The first-order valence-electron chi connectivity index (χ1n) is 10.1. The lowest BCUT2D eigenvalue weighted by Gasteiger charge is -2.11. The Balaban J connectivity index is 1.80. The quantitative estimate of drug-likeness (QED) is 0.411. The summed E-state index contributed by atoms with van der Waals surface area (Å²) in [5.74, 6) is 1.59. The molecule has 3 aromatic rings. The monoisotopic (exact) mass is 444 g/mol. The molecular weight excluding hydrogens is 420 g/mol. The number of aromatic nitrogens is 2. The van der Waals surface area contributed by atoms with E-state index in [-0.39, 0.29) is 12.7 Å². The smallest absolute Gasteiger partial charge is 0.344 e. The molecule has 0 atom stereocenters. The van der Waals surface area contributed by atoms with Crippen LogP contribution in [-0.4, -0.2) is 35.4 Å². The molecule has 0 radical (unpaired) electrons. The van der Waals surface area contributed by atoms with E-state index < -0.39 is 5.97 Å². The van der Waals surface area contributed by atoms with Crippen LogP contribution in [0.2, 0.25) is 5.02 Å². The first-order valence-corrected chi connectivity index (χ1v) is 10.5. The van der Waals surface area contributed by atoms with E-state index in [0.717, 1.165) is 17.5 Å². The molecule has 0 unspecified atom stereocenters. The van der Waals surface area contributed by atoms with Gasteiger partial charge in [0.25, 0.3) is 5.89 Å². The molecule has 0 saturated carbocycles. The highest BCUT2D eigenvalue weighted by Crippen LogP contribution is 2.32. The molecule has 3 rings (SSSR count). The van der Waals surface area contributed by atoms with Gasteiger partial charge in [0.15, 0.2) is 6.61 Å². The average molecular weight is 445 g/mol. The van der Waals surface area contributed by atoms with Gasteiger partial charge in [-0.15, -0.1) is 0 Å². The summed E-state index contributed by atoms with van der Waals surface area (Å²) in [4.78, 5) is 16.0. The van der Waals surface area contributed by atoms with Crippen LogP contribution in [0.1, 0.15) is 33.3 Å². The lowest BCUT2D eigenvalue weighted by Crippen LogP contribution is -2.14. The van der Waals surface area contributed by atoms with Gasteiger partial charge in [-0.2, -0.15) is 4.98 Å². The van der Waals surface area contributed by atoms with Gasteiger partial charge < -0.3 is 18.7 Å². The summed E-state index contributed by atoms with van der Waals surface area (Å²) < 4.78 is 21.5. The van der Waals surface area contributed by atoms with Crippen LogP contribution in [0.25, 0.3) is 22.8 Å². The van der Waals surface area contributed by atoms with Crippen molar-refractivity contribution in [2.45, 2.75) is 40.2 Å². The van der Waals surface area contributed by atoms with Crippen molar-refractivity contribution in [1.29, 1.82) is 0 Å². The van der Waals surface area contributed by atoms with Crippen LogP contribution in [0, 0.1) is 0 Å². The lowest BCUT2D eigenvalue weighted by atomic mass is 10.0. The van der Waals surface area contributed by atoms with Gasteiger partial charge >= 0.3 is 5.97 Å². The van der Waals surface area contributed by atoms with Crippen LogP contribution in [0.3, 0.4) is 0 Å². The number of hydrogen-bond donors (Lipinski definition) is 0. The van der Waals surface area contributed by atoms with E-state index in [1.807, 2.05) is 39.0 Å². The Morgan fingerprint density at radius 1 is 1.16 bits per heavy atom. The van der Waals surface area contributed by atoms with E-state index in [1.165, 1.54) is 0 Å². The molecule has 164 valence electrons. The fourth-order valence-electron chi connectivity index (χ4n) is 2.95. The lowest BCUT2D eigenvalue weighted by molar-refractivity contribution is -0.145. The zero-order chi connectivity index (χ0) is 22.4. The second kappa shape index (κ2) is 10.3. The van der Waals surface area contributed by atoms with Gasteiger partial charge in [-0.05, 0) is 69.2 Å². The second-order valence-electron chi connectivity index (χ2n) is 7.00. The van der Waals surface area contributed by atoms with Gasteiger partial charge in [0.05, 0.1) is 17.7 Å². The van der Waals surface area contributed by atoms with Gasteiger partial charge in [-0.3, -0.25) is 0 Å². The number of nitrogens with zero attached hydrogens (tertiary/aromatic N) is 2. The Bertz CT molecular complexity index is 1050. The third-order valence-electron chi connectivity index (χ3n) is 4.33. The van der Waals surface area contributed by atoms with Gasteiger partial charge in [0.2, 0.25) is 5.82 Å². The van der Waals surface area contributed by atoms with Crippen LogP contribution in [0.5, 0.6) is 11.5 Å². The maximum atomic E-state index is 11.5. The third kappa shape index (κ3) is 5.76. The normalized spacial score (nSPS) is 10.9. The third-order valence-corrected chi connectivity index (χ3v) is 4.62. The number of aryl methyl sites for hydroxylation is 1. The van der Waals surface area contributed by atoms with E-state index in [1.54, 1.807) is 25.1 Å². The van der Waals surface area contributed by atoms with Crippen molar-refractivity contribution in [1.82, 2.24) is 10.1 Å². The zero-order valence-corrected chi connectivity index (χ0v) is 18.7. The molecule has 0 aliphatic heterocycles. The molecule has 0 amide bonds. The molecule has 0 bridgehead atoms. The summed E-state index contributed by atoms with van der Waals surface area (Å²) in [5.41, 5.74) is 2.49. The second-order valence-corrected chi connectivity index (χ2v) is 7.41. The van der Waals surface area contributed by atoms with Crippen LogP contribution >= 0.6 is 11.6 Å². The minimum absolute atomic E-state index is 0.0232. The molecule has 0 aliphatic carbocycles. The van der Waals surface area contributed by atoms with E-state index in [2.05, 4.69) is 10.1 Å². The number of hydrogen-bond acceptors (Lipinski definition) is 7. The van der Waals surface area contributed by atoms with Crippen LogP contribution < -0.4 is 9.47 Å². The predicted octanol–water partition coefficient (Wildman–Crippen LogP) is 5.35. The Kier molecular flexibility index (Phi) is 7.52. The number of halogens is 1. The summed E-state index contributed by atoms with van der Waals surface area (Å²) >= 11 is 6.32. The molecule has 1 aromatic heterocycles. The van der Waals surface area contributed by atoms with Crippen LogP contribution in [0.4, 0.5) is 0 Å². The zero-order valence-electron chi connectivity index (χ0n) is 18.0. The molecule has 7 nitrogen and oxygen atoms in total. The molecule has 2 aromatic carbocycles. The Morgan fingerprint density at radius 2 is 1.97 bits per heavy atom. The maximum Gasteiger partial charge on any atom is 0.344 e. The van der Waals surface area contributed by atoms with Gasteiger partial charge in [-0.1, -0.05) is 23.7 Å². The fraction of sp³-hybridized carbons (Fsp3) is 0.348. The predicted molar refractivity (Wildman–Crippen MR) is 117 cm³/mol. The van der Waals surface area contributed by atoms with Crippen molar-refractivity contribution in [3.05, 3.63) is 47.0 Å². The Labute approximate surface area is 186 Å². The SMILES string of the molecule is CCOC(=O)COc1ccc(-c2noc(-c3ccc(OC(C)C)c(Cl)c3)n2)c(CC)c1. The fourth-order valence-corrected chi connectivity index (χ4v) is 3.17. The molecule has 0 N–H and O–H groups in total. The van der Waals surface area contributed by atoms with E-state index in [9.17, 15) is 4.79 Å². The largest absolute Gasteiger partial charge is 0.489 e. The van der Waals surface area contributed by atoms with E-state index in [0.29, 0.717) is 40.4 Å². The van der Waals surface area contributed by atoms with Crippen molar-refractivity contribution in [3.63, 3.8) is 0 Å². The van der Waals surface area contributed by atoms with Gasteiger partial charge in [-0.25, -0.2) is 4.79 Å². The molecule has 0 aliphatic rings. The molecule has 0 spiro atoms. The first-order chi connectivity index (χ1) is 14.9.